The minimum atomic E-state index is -1.36. The summed E-state index contributed by atoms with van der Waals surface area (Å²) in [6.45, 7) is 9.52. The van der Waals surface area contributed by atoms with Gasteiger partial charge in [-0.1, -0.05) is 20.4 Å². The number of carbonyl (C=O) groups excluding carboxylic acids is 2. The molecular formula is C22H32O6. The van der Waals surface area contributed by atoms with E-state index >= 15 is 0 Å². The number of aliphatic hydroxyl groups is 3. The third-order valence-electron chi connectivity index (χ3n) is 8.81. The molecule has 3 N–H and O–H groups in total. The molecule has 0 heterocycles. The van der Waals surface area contributed by atoms with Crippen molar-refractivity contribution in [1.29, 1.82) is 0 Å². The molecule has 28 heavy (non-hydrogen) atoms. The Balaban J connectivity index is 1.92. The average molecular weight is 392 g/mol. The summed E-state index contributed by atoms with van der Waals surface area (Å²) < 4.78 is 5.49. The average Bonchev–Trinajstić information content (AvgIpc) is 2.73. The number of esters is 1. The molecule has 4 saturated carbocycles. The molecule has 4 fully saturated rings. The number of rotatable bonds is 2. The van der Waals surface area contributed by atoms with Crippen molar-refractivity contribution in [2.75, 3.05) is 6.61 Å². The Labute approximate surface area is 166 Å². The minimum Gasteiger partial charge on any atom is -0.465 e. The maximum Gasteiger partial charge on any atom is 0.302 e. The molecule has 0 saturated heterocycles. The van der Waals surface area contributed by atoms with Gasteiger partial charge in [-0.2, -0.15) is 0 Å². The fourth-order valence-electron chi connectivity index (χ4n) is 7.55. The Morgan fingerprint density at radius 2 is 1.82 bits per heavy atom. The van der Waals surface area contributed by atoms with Gasteiger partial charge in [0.1, 0.15) is 0 Å². The van der Waals surface area contributed by atoms with E-state index in [9.17, 15) is 24.9 Å². The zero-order chi connectivity index (χ0) is 20.6. The summed E-state index contributed by atoms with van der Waals surface area (Å²) in [4.78, 5) is 25.1. The van der Waals surface area contributed by atoms with Gasteiger partial charge in [0, 0.05) is 18.3 Å². The molecule has 2 bridgehead atoms. The van der Waals surface area contributed by atoms with Crippen LogP contribution < -0.4 is 0 Å². The lowest BCUT2D eigenvalue weighted by Crippen LogP contribution is -2.72. The van der Waals surface area contributed by atoms with Crippen LogP contribution in [0.1, 0.15) is 52.9 Å². The Morgan fingerprint density at radius 1 is 1.14 bits per heavy atom. The van der Waals surface area contributed by atoms with Crippen LogP contribution in [0.4, 0.5) is 0 Å². The Kier molecular flexibility index (Phi) is 4.39. The maximum atomic E-state index is 13.4. The van der Waals surface area contributed by atoms with E-state index in [2.05, 4.69) is 20.4 Å². The van der Waals surface area contributed by atoms with E-state index in [1.54, 1.807) is 0 Å². The third-order valence-corrected chi connectivity index (χ3v) is 8.81. The largest absolute Gasteiger partial charge is 0.465 e. The minimum absolute atomic E-state index is 0.00781. The maximum absolute atomic E-state index is 13.4. The summed E-state index contributed by atoms with van der Waals surface area (Å²) in [5, 5.41) is 33.8. The van der Waals surface area contributed by atoms with Crippen molar-refractivity contribution in [3.8, 4) is 0 Å². The van der Waals surface area contributed by atoms with Crippen molar-refractivity contribution in [3.05, 3.63) is 12.2 Å². The molecule has 0 radical (unpaired) electrons. The standard InChI is InChI=1S/C22H32O6/c1-11-13-5-6-14-21(10-28-12(2)23)15(20(3,4)8-7-16(21)24)9-17(25)22(14,18(11)26)19(13)27/h13-17,19,24-25,27H,1,5-10H2,2-4H3/t13-,14-,15+,16-,17+,19-,21-,22-/m0/s1. The van der Waals surface area contributed by atoms with E-state index in [-0.39, 0.29) is 29.6 Å². The molecule has 0 aromatic carbocycles. The molecule has 0 aromatic heterocycles. The number of carbonyl (C=O) groups is 2. The van der Waals surface area contributed by atoms with Gasteiger partial charge in [0.25, 0.3) is 0 Å². The predicted molar refractivity (Wildman–Crippen MR) is 101 cm³/mol. The Morgan fingerprint density at radius 3 is 2.46 bits per heavy atom. The first-order chi connectivity index (χ1) is 13.0. The molecule has 0 aliphatic heterocycles. The second-order valence-electron chi connectivity index (χ2n) is 10.2. The SMILES string of the molecule is C=C1C(=O)[C@@]23[C@H](O)C[C@@H]4C(C)(C)CC[C@H](O)[C@@]4(COC(C)=O)[C@@H]2CC[C@@H]1[C@@H]3O. The number of ether oxygens (including phenoxy) is 1. The molecule has 6 heteroatoms. The molecule has 0 amide bonds. The molecule has 0 unspecified atom stereocenters. The smallest absolute Gasteiger partial charge is 0.302 e. The van der Waals surface area contributed by atoms with Crippen LogP contribution in [0.3, 0.4) is 0 Å². The molecule has 156 valence electrons. The van der Waals surface area contributed by atoms with E-state index in [0.717, 1.165) is 6.42 Å². The number of Topliss-reactive ketones (excluding diaryl/α,β-unsaturated/α-hetero) is 1. The van der Waals surface area contributed by atoms with E-state index in [4.69, 9.17) is 4.74 Å². The van der Waals surface area contributed by atoms with Crippen LogP contribution in [-0.2, 0) is 14.3 Å². The fraction of sp³-hybridized carbons (Fsp3) is 0.818. The molecule has 4 aliphatic rings. The summed E-state index contributed by atoms with van der Waals surface area (Å²) in [6, 6.07) is 0. The van der Waals surface area contributed by atoms with Crippen molar-refractivity contribution in [2.45, 2.75) is 71.2 Å². The monoisotopic (exact) mass is 392 g/mol. The highest BCUT2D eigenvalue weighted by Crippen LogP contribution is 2.71. The topological polar surface area (TPSA) is 104 Å². The van der Waals surface area contributed by atoms with Gasteiger partial charge in [0.05, 0.1) is 30.3 Å². The zero-order valence-electron chi connectivity index (χ0n) is 17.0. The van der Waals surface area contributed by atoms with Gasteiger partial charge in [-0.25, -0.2) is 0 Å². The summed E-state index contributed by atoms with van der Waals surface area (Å²) in [5.74, 6) is -1.62. The van der Waals surface area contributed by atoms with Gasteiger partial charge in [0.15, 0.2) is 5.78 Å². The summed E-state index contributed by atoms with van der Waals surface area (Å²) >= 11 is 0. The molecule has 0 aromatic rings. The normalized spacial score (nSPS) is 49.4. The van der Waals surface area contributed by atoms with Crippen LogP contribution in [-0.4, -0.2) is 52.0 Å². The number of fused-ring (bicyclic) bond motifs is 3. The number of aliphatic hydroxyl groups excluding tert-OH is 3. The zero-order valence-corrected chi connectivity index (χ0v) is 17.0. The van der Waals surface area contributed by atoms with Gasteiger partial charge in [-0.15, -0.1) is 0 Å². The summed E-state index contributed by atoms with van der Waals surface area (Å²) in [7, 11) is 0. The van der Waals surface area contributed by atoms with Gasteiger partial charge >= 0.3 is 5.97 Å². The first-order valence-electron chi connectivity index (χ1n) is 10.4. The quantitative estimate of drug-likeness (QED) is 0.487. The summed E-state index contributed by atoms with van der Waals surface area (Å²) in [5.41, 5.74) is -2.02. The lowest BCUT2D eigenvalue weighted by molar-refractivity contribution is -0.268. The van der Waals surface area contributed by atoms with Crippen LogP contribution >= 0.6 is 0 Å². The second kappa shape index (κ2) is 6.13. The van der Waals surface area contributed by atoms with Crippen molar-refractivity contribution in [3.63, 3.8) is 0 Å². The van der Waals surface area contributed by atoms with Crippen LogP contribution in [0.25, 0.3) is 0 Å². The first-order valence-corrected chi connectivity index (χ1v) is 10.4. The van der Waals surface area contributed by atoms with E-state index < -0.39 is 41.0 Å². The third kappa shape index (κ3) is 2.20. The number of ketones is 1. The highest BCUT2D eigenvalue weighted by atomic mass is 16.5. The highest BCUT2D eigenvalue weighted by molar-refractivity contribution is 6.04. The van der Waals surface area contributed by atoms with Gasteiger partial charge in [-0.3, -0.25) is 9.59 Å². The lowest BCUT2D eigenvalue weighted by Gasteiger charge is -2.66. The van der Waals surface area contributed by atoms with Crippen LogP contribution in [0.5, 0.6) is 0 Å². The van der Waals surface area contributed by atoms with Crippen LogP contribution in [0.2, 0.25) is 0 Å². The molecule has 4 aliphatic carbocycles. The molecule has 8 atom stereocenters. The Hall–Kier alpha value is -1.24. The number of hydrogen-bond donors (Lipinski definition) is 3. The molecule has 1 spiro atoms. The fourth-order valence-corrected chi connectivity index (χ4v) is 7.55. The van der Waals surface area contributed by atoms with Crippen molar-refractivity contribution in [1.82, 2.24) is 0 Å². The summed E-state index contributed by atoms with van der Waals surface area (Å²) in [6.07, 6.45) is 0.0486. The van der Waals surface area contributed by atoms with Gasteiger partial charge < -0.3 is 20.1 Å². The van der Waals surface area contributed by atoms with Gasteiger partial charge in [0.2, 0.25) is 0 Å². The van der Waals surface area contributed by atoms with Crippen molar-refractivity contribution in [2.24, 2.45) is 34.0 Å². The number of hydrogen-bond acceptors (Lipinski definition) is 6. The Bertz CT molecular complexity index is 729. The molecule has 6 nitrogen and oxygen atoms in total. The molecular weight excluding hydrogens is 360 g/mol. The lowest BCUT2D eigenvalue weighted by atomic mass is 9.38. The second-order valence-corrected chi connectivity index (χ2v) is 10.2. The van der Waals surface area contributed by atoms with E-state index in [1.165, 1.54) is 6.92 Å². The van der Waals surface area contributed by atoms with Crippen molar-refractivity contribution < 1.29 is 29.6 Å². The van der Waals surface area contributed by atoms with Crippen LogP contribution in [0, 0.1) is 34.0 Å². The van der Waals surface area contributed by atoms with Crippen molar-refractivity contribution >= 4 is 11.8 Å². The first kappa shape index (κ1) is 20.0. The van der Waals surface area contributed by atoms with Crippen LogP contribution in [0.15, 0.2) is 12.2 Å². The highest BCUT2D eigenvalue weighted by Gasteiger charge is 2.76. The predicted octanol–water partition coefficient (Wildman–Crippen LogP) is 1.61. The van der Waals surface area contributed by atoms with E-state index in [1.807, 2.05) is 0 Å². The molecule has 4 rings (SSSR count). The van der Waals surface area contributed by atoms with Gasteiger partial charge in [-0.05, 0) is 54.9 Å². The van der Waals surface area contributed by atoms with E-state index in [0.29, 0.717) is 31.3 Å².